The summed E-state index contributed by atoms with van der Waals surface area (Å²) in [5, 5.41) is 2.99. The molecule has 0 radical (unpaired) electrons. The van der Waals surface area contributed by atoms with Gasteiger partial charge in [-0.15, -0.1) is 0 Å². The number of sulfonamides is 1. The SMILES string of the molecule is CCN(c1ccccc1)S(=O)(=O)c1ccc(NC(C)c2ccc(F)cc2F)nc1. The van der Waals surface area contributed by atoms with Crippen molar-refractivity contribution >= 4 is 21.5 Å². The zero-order chi connectivity index (χ0) is 21.0. The number of anilines is 2. The molecule has 3 aromatic rings. The Kier molecular flexibility index (Phi) is 6.12. The number of nitrogens with one attached hydrogen (secondary N) is 1. The zero-order valence-electron chi connectivity index (χ0n) is 16.0. The summed E-state index contributed by atoms with van der Waals surface area (Å²) in [7, 11) is -3.77. The van der Waals surface area contributed by atoms with Crippen molar-refractivity contribution in [1.29, 1.82) is 0 Å². The van der Waals surface area contributed by atoms with Gasteiger partial charge in [0.2, 0.25) is 0 Å². The molecular weight excluding hydrogens is 396 g/mol. The highest BCUT2D eigenvalue weighted by Crippen LogP contribution is 2.25. The fraction of sp³-hybridized carbons (Fsp3) is 0.190. The highest BCUT2D eigenvalue weighted by Gasteiger charge is 2.24. The van der Waals surface area contributed by atoms with E-state index in [4.69, 9.17) is 0 Å². The van der Waals surface area contributed by atoms with E-state index < -0.39 is 27.7 Å². The van der Waals surface area contributed by atoms with Crippen molar-refractivity contribution in [3.05, 3.63) is 84.1 Å². The topological polar surface area (TPSA) is 62.3 Å². The molecule has 152 valence electrons. The molecule has 0 aliphatic carbocycles. The van der Waals surface area contributed by atoms with Gasteiger partial charge in [-0.1, -0.05) is 24.3 Å². The van der Waals surface area contributed by atoms with Gasteiger partial charge in [0.15, 0.2) is 0 Å². The molecule has 1 aromatic heterocycles. The first-order valence-electron chi connectivity index (χ1n) is 9.08. The van der Waals surface area contributed by atoms with E-state index in [0.29, 0.717) is 11.5 Å². The first-order valence-corrected chi connectivity index (χ1v) is 10.5. The molecule has 29 heavy (non-hydrogen) atoms. The second-order valence-corrected chi connectivity index (χ2v) is 8.28. The van der Waals surface area contributed by atoms with E-state index in [1.54, 1.807) is 38.1 Å². The predicted molar refractivity (Wildman–Crippen MR) is 109 cm³/mol. The maximum atomic E-state index is 13.9. The standard InChI is InChI=1S/C21H21F2N3O2S/c1-3-26(17-7-5-4-6-8-17)29(27,28)18-10-12-21(24-14-18)25-15(2)19-11-9-16(22)13-20(19)23/h4-15H,3H2,1-2H3,(H,24,25). The maximum Gasteiger partial charge on any atom is 0.265 e. The van der Waals surface area contributed by atoms with Crippen LogP contribution in [-0.4, -0.2) is 19.9 Å². The van der Waals surface area contributed by atoms with Crippen LogP contribution in [0.1, 0.15) is 25.5 Å². The fourth-order valence-electron chi connectivity index (χ4n) is 2.98. The van der Waals surface area contributed by atoms with E-state index >= 15 is 0 Å². The van der Waals surface area contributed by atoms with Gasteiger partial charge in [-0.25, -0.2) is 22.2 Å². The van der Waals surface area contributed by atoms with Gasteiger partial charge in [-0.3, -0.25) is 4.31 Å². The third-order valence-corrected chi connectivity index (χ3v) is 6.34. The molecule has 0 aliphatic rings. The summed E-state index contributed by atoms with van der Waals surface area (Å²) < 4.78 is 54.3. The number of rotatable bonds is 7. The van der Waals surface area contributed by atoms with Crippen molar-refractivity contribution in [1.82, 2.24) is 4.98 Å². The molecule has 1 heterocycles. The monoisotopic (exact) mass is 417 g/mol. The van der Waals surface area contributed by atoms with Crippen LogP contribution in [0.5, 0.6) is 0 Å². The number of aromatic nitrogens is 1. The number of nitrogens with zero attached hydrogens (tertiary/aromatic N) is 2. The number of para-hydroxylation sites is 1. The van der Waals surface area contributed by atoms with Gasteiger partial charge in [0.05, 0.1) is 11.7 Å². The number of hydrogen-bond acceptors (Lipinski definition) is 4. The first-order chi connectivity index (χ1) is 13.8. The Morgan fingerprint density at radius 2 is 1.79 bits per heavy atom. The average Bonchev–Trinajstić information content (AvgIpc) is 2.69. The minimum absolute atomic E-state index is 0.0503. The summed E-state index contributed by atoms with van der Waals surface area (Å²) in [5.74, 6) is -0.932. The number of pyridine rings is 1. The summed E-state index contributed by atoms with van der Waals surface area (Å²) in [6.45, 7) is 3.73. The quantitative estimate of drug-likeness (QED) is 0.603. The van der Waals surface area contributed by atoms with Gasteiger partial charge in [0.25, 0.3) is 10.0 Å². The molecular formula is C21H21F2N3O2S. The minimum atomic E-state index is -3.77. The number of hydrogen-bond donors (Lipinski definition) is 1. The molecule has 0 amide bonds. The lowest BCUT2D eigenvalue weighted by Crippen LogP contribution is -2.30. The minimum Gasteiger partial charge on any atom is -0.363 e. The summed E-state index contributed by atoms with van der Waals surface area (Å²) in [4.78, 5) is 4.20. The van der Waals surface area contributed by atoms with Crippen LogP contribution in [0.4, 0.5) is 20.3 Å². The van der Waals surface area contributed by atoms with Crippen molar-refractivity contribution in [2.24, 2.45) is 0 Å². The van der Waals surface area contributed by atoms with Crippen LogP contribution in [0.15, 0.2) is 71.8 Å². The average molecular weight is 417 g/mol. The second kappa shape index (κ2) is 8.57. The van der Waals surface area contributed by atoms with Crippen molar-refractivity contribution in [2.45, 2.75) is 24.8 Å². The molecule has 0 saturated carbocycles. The molecule has 0 saturated heterocycles. The van der Waals surface area contributed by atoms with E-state index in [2.05, 4.69) is 10.3 Å². The van der Waals surface area contributed by atoms with Crippen LogP contribution in [0.2, 0.25) is 0 Å². The van der Waals surface area contributed by atoms with E-state index in [0.717, 1.165) is 6.07 Å². The molecule has 5 nitrogen and oxygen atoms in total. The lowest BCUT2D eigenvalue weighted by molar-refractivity contribution is 0.566. The van der Waals surface area contributed by atoms with Gasteiger partial charge in [0, 0.05) is 24.4 Å². The van der Waals surface area contributed by atoms with Gasteiger partial charge in [-0.2, -0.15) is 0 Å². The van der Waals surface area contributed by atoms with Crippen molar-refractivity contribution < 1.29 is 17.2 Å². The van der Waals surface area contributed by atoms with Crippen LogP contribution < -0.4 is 9.62 Å². The lowest BCUT2D eigenvalue weighted by atomic mass is 10.1. The predicted octanol–water partition coefficient (Wildman–Crippen LogP) is 4.75. The van der Waals surface area contributed by atoms with E-state index in [-0.39, 0.29) is 17.0 Å². The van der Waals surface area contributed by atoms with Crippen molar-refractivity contribution in [2.75, 3.05) is 16.2 Å². The van der Waals surface area contributed by atoms with E-state index in [9.17, 15) is 17.2 Å². The summed E-state index contributed by atoms with van der Waals surface area (Å²) in [6.07, 6.45) is 1.26. The van der Waals surface area contributed by atoms with Crippen LogP contribution >= 0.6 is 0 Å². The Bertz CT molecular complexity index is 1070. The second-order valence-electron chi connectivity index (χ2n) is 6.42. The van der Waals surface area contributed by atoms with Crippen molar-refractivity contribution in [3.63, 3.8) is 0 Å². The van der Waals surface area contributed by atoms with Gasteiger partial charge in [-0.05, 0) is 44.2 Å². The Hall–Kier alpha value is -3.00. The molecule has 3 rings (SSSR count). The molecule has 0 bridgehead atoms. The van der Waals surface area contributed by atoms with Crippen LogP contribution in [0, 0.1) is 11.6 Å². The molecule has 8 heteroatoms. The van der Waals surface area contributed by atoms with Crippen LogP contribution in [0.25, 0.3) is 0 Å². The normalized spacial score (nSPS) is 12.4. The third-order valence-electron chi connectivity index (χ3n) is 4.45. The molecule has 1 unspecified atom stereocenters. The molecule has 2 aromatic carbocycles. The van der Waals surface area contributed by atoms with Gasteiger partial charge >= 0.3 is 0 Å². The van der Waals surface area contributed by atoms with Crippen LogP contribution in [-0.2, 0) is 10.0 Å². The van der Waals surface area contributed by atoms with E-state index in [1.807, 2.05) is 6.07 Å². The van der Waals surface area contributed by atoms with Gasteiger partial charge in [0.1, 0.15) is 22.3 Å². The molecule has 1 atom stereocenters. The summed E-state index contributed by atoms with van der Waals surface area (Å²) in [5.41, 5.74) is 0.851. The third kappa shape index (κ3) is 4.54. The zero-order valence-corrected chi connectivity index (χ0v) is 16.8. The number of benzene rings is 2. The van der Waals surface area contributed by atoms with Crippen LogP contribution in [0.3, 0.4) is 0 Å². The first kappa shape index (κ1) is 20.7. The largest absolute Gasteiger partial charge is 0.363 e. The highest BCUT2D eigenvalue weighted by atomic mass is 32.2. The van der Waals surface area contributed by atoms with Crippen molar-refractivity contribution in [3.8, 4) is 0 Å². The lowest BCUT2D eigenvalue weighted by Gasteiger charge is -2.23. The molecule has 0 spiro atoms. The molecule has 0 fully saturated rings. The van der Waals surface area contributed by atoms with E-state index in [1.165, 1.54) is 34.8 Å². The maximum absolute atomic E-state index is 13.9. The Balaban J connectivity index is 1.80. The summed E-state index contributed by atoms with van der Waals surface area (Å²) >= 11 is 0. The van der Waals surface area contributed by atoms with Gasteiger partial charge < -0.3 is 5.32 Å². The molecule has 1 N–H and O–H groups in total. The Morgan fingerprint density at radius 1 is 1.07 bits per heavy atom. The Morgan fingerprint density at radius 3 is 2.38 bits per heavy atom. The Labute approximate surface area is 169 Å². The highest BCUT2D eigenvalue weighted by molar-refractivity contribution is 7.92. The fourth-order valence-corrected chi connectivity index (χ4v) is 4.40. The molecule has 0 aliphatic heterocycles. The summed E-state index contributed by atoms with van der Waals surface area (Å²) in [6, 6.07) is 14.7. The number of halogens is 2. The smallest absolute Gasteiger partial charge is 0.265 e.